The van der Waals surface area contributed by atoms with Gasteiger partial charge in [-0.05, 0) is 62.9 Å². The first-order valence-electron chi connectivity index (χ1n) is 8.07. The molecule has 2 fully saturated rings. The van der Waals surface area contributed by atoms with Crippen molar-refractivity contribution in [1.82, 2.24) is 10.2 Å². The Kier molecular flexibility index (Phi) is 4.71. The number of hydrogen-bond donors (Lipinski definition) is 2. The number of benzene rings is 1. The predicted octanol–water partition coefficient (Wildman–Crippen LogP) is 2.51. The van der Waals surface area contributed by atoms with E-state index in [9.17, 15) is 9.90 Å². The van der Waals surface area contributed by atoms with Crippen molar-refractivity contribution in [3.05, 3.63) is 34.9 Å². The molecule has 2 aliphatic heterocycles. The van der Waals surface area contributed by atoms with Crippen molar-refractivity contribution >= 4 is 17.5 Å². The molecule has 0 unspecified atom stereocenters. The van der Waals surface area contributed by atoms with E-state index in [4.69, 9.17) is 11.6 Å². The molecule has 0 aliphatic carbocycles. The first-order chi connectivity index (χ1) is 10.6. The van der Waals surface area contributed by atoms with Crippen molar-refractivity contribution in [3.63, 3.8) is 0 Å². The van der Waals surface area contributed by atoms with Gasteiger partial charge in [-0.3, -0.25) is 9.69 Å². The van der Waals surface area contributed by atoms with Crippen LogP contribution in [0.25, 0.3) is 0 Å². The molecular weight excluding hydrogens is 300 g/mol. The van der Waals surface area contributed by atoms with Crippen molar-refractivity contribution in [1.29, 1.82) is 0 Å². The summed E-state index contributed by atoms with van der Waals surface area (Å²) in [4.78, 5) is 14.7. The van der Waals surface area contributed by atoms with E-state index in [0.29, 0.717) is 22.7 Å². The van der Waals surface area contributed by atoms with Crippen LogP contribution in [0.1, 0.15) is 43.8 Å². The molecule has 1 amide bonds. The number of amides is 1. The molecule has 5 heteroatoms. The van der Waals surface area contributed by atoms with E-state index in [-0.39, 0.29) is 5.91 Å². The van der Waals surface area contributed by atoms with Gasteiger partial charge in [-0.1, -0.05) is 23.7 Å². The van der Waals surface area contributed by atoms with Crippen LogP contribution < -0.4 is 5.32 Å². The summed E-state index contributed by atoms with van der Waals surface area (Å²) in [7, 11) is 0. The Morgan fingerprint density at radius 2 is 1.91 bits per heavy atom. The van der Waals surface area contributed by atoms with Gasteiger partial charge in [0.2, 0.25) is 0 Å². The van der Waals surface area contributed by atoms with Gasteiger partial charge in [0.05, 0.1) is 0 Å². The summed E-state index contributed by atoms with van der Waals surface area (Å²) in [5, 5.41) is 13.6. The maximum absolute atomic E-state index is 12.1. The number of carbonyl (C=O) groups is 1. The molecule has 120 valence electrons. The average Bonchev–Trinajstić information content (AvgIpc) is 3.07. The summed E-state index contributed by atoms with van der Waals surface area (Å²) in [6.45, 7) is 3.02. The minimum Gasteiger partial charge on any atom is -0.378 e. The van der Waals surface area contributed by atoms with Crippen LogP contribution in [0.4, 0.5) is 0 Å². The summed E-state index contributed by atoms with van der Waals surface area (Å²) >= 11 is 5.82. The maximum atomic E-state index is 12.1. The zero-order valence-electron chi connectivity index (χ0n) is 12.7. The van der Waals surface area contributed by atoms with Crippen molar-refractivity contribution in [2.45, 2.75) is 43.7 Å². The Morgan fingerprint density at radius 1 is 1.27 bits per heavy atom. The third-order valence-electron chi connectivity index (χ3n) is 5.13. The Hall–Kier alpha value is -1.10. The molecule has 1 atom stereocenters. The van der Waals surface area contributed by atoms with Crippen LogP contribution in [0.2, 0.25) is 5.02 Å². The number of nitrogens with one attached hydrogen (secondary N) is 1. The first-order valence-corrected chi connectivity index (χ1v) is 8.45. The lowest BCUT2D eigenvalue weighted by Crippen LogP contribution is -2.42. The largest absolute Gasteiger partial charge is 0.378 e. The van der Waals surface area contributed by atoms with Crippen LogP contribution in [0.15, 0.2) is 24.3 Å². The Labute approximate surface area is 136 Å². The van der Waals surface area contributed by atoms with Crippen molar-refractivity contribution in [2.75, 3.05) is 19.6 Å². The Balaban J connectivity index is 1.51. The third-order valence-corrected chi connectivity index (χ3v) is 5.39. The average molecular weight is 323 g/mol. The number of hydrogen-bond acceptors (Lipinski definition) is 3. The lowest BCUT2D eigenvalue weighted by atomic mass is 9.90. The van der Waals surface area contributed by atoms with E-state index < -0.39 is 6.10 Å². The number of rotatable bonds is 5. The zero-order valence-corrected chi connectivity index (χ0v) is 13.5. The Bertz CT molecular complexity index is 522. The van der Waals surface area contributed by atoms with Crippen LogP contribution in [0.3, 0.4) is 0 Å². The SMILES string of the molecule is O=C(NCCC12CCCN1CCC2)[C@@H](O)c1ccc(Cl)cc1. The Morgan fingerprint density at radius 3 is 2.55 bits per heavy atom. The van der Waals surface area contributed by atoms with E-state index in [0.717, 1.165) is 6.42 Å². The van der Waals surface area contributed by atoms with Crippen LogP contribution in [0.5, 0.6) is 0 Å². The van der Waals surface area contributed by atoms with Crippen LogP contribution in [0, 0.1) is 0 Å². The van der Waals surface area contributed by atoms with Crippen LogP contribution >= 0.6 is 11.6 Å². The van der Waals surface area contributed by atoms with Gasteiger partial charge >= 0.3 is 0 Å². The second kappa shape index (κ2) is 6.57. The van der Waals surface area contributed by atoms with E-state index in [1.807, 2.05) is 0 Å². The highest BCUT2D eigenvalue weighted by Gasteiger charge is 2.43. The third kappa shape index (κ3) is 3.14. The molecule has 0 spiro atoms. The lowest BCUT2D eigenvalue weighted by Gasteiger charge is -2.32. The molecule has 1 aromatic rings. The highest BCUT2D eigenvalue weighted by molar-refractivity contribution is 6.30. The molecule has 2 N–H and O–H groups in total. The minimum absolute atomic E-state index is 0.304. The second-order valence-corrected chi connectivity index (χ2v) is 6.85. The van der Waals surface area contributed by atoms with Crippen molar-refractivity contribution < 1.29 is 9.90 Å². The highest BCUT2D eigenvalue weighted by atomic mass is 35.5. The van der Waals surface area contributed by atoms with Crippen LogP contribution in [-0.2, 0) is 4.79 Å². The molecule has 0 aromatic heterocycles. The molecule has 1 aromatic carbocycles. The molecule has 0 saturated carbocycles. The van der Waals surface area contributed by atoms with Gasteiger partial charge in [0.1, 0.15) is 0 Å². The molecule has 2 heterocycles. The summed E-state index contributed by atoms with van der Waals surface area (Å²) in [5.41, 5.74) is 0.877. The summed E-state index contributed by atoms with van der Waals surface area (Å²) in [6, 6.07) is 6.73. The van der Waals surface area contributed by atoms with E-state index >= 15 is 0 Å². The number of aliphatic hydroxyl groups excluding tert-OH is 1. The fraction of sp³-hybridized carbons (Fsp3) is 0.588. The lowest BCUT2D eigenvalue weighted by molar-refractivity contribution is -0.129. The van der Waals surface area contributed by atoms with Gasteiger partial charge < -0.3 is 10.4 Å². The molecule has 2 aliphatic rings. The first kappa shape index (κ1) is 15.8. The van der Waals surface area contributed by atoms with Gasteiger partial charge in [0.25, 0.3) is 5.91 Å². The number of fused-ring (bicyclic) bond motifs is 1. The van der Waals surface area contributed by atoms with Gasteiger partial charge in [-0.25, -0.2) is 0 Å². The highest BCUT2D eigenvalue weighted by Crippen LogP contribution is 2.40. The molecule has 4 nitrogen and oxygen atoms in total. The van der Waals surface area contributed by atoms with Gasteiger partial charge in [-0.15, -0.1) is 0 Å². The topological polar surface area (TPSA) is 52.6 Å². The quantitative estimate of drug-likeness (QED) is 0.876. The molecule has 0 radical (unpaired) electrons. The monoisotopic (exact) mass is 322 g/mol. The normalized spacial score (nSPS) is 21.5. The van der Waals surface area contributed by atoms with Gasteiger partial charge in [0, 0.05) is 17.1 Å². The maximum Gasteiger partial charge on any atom is 0.253 e. The number of carbonyl (C=O) groups excluding carboxylic acids is 1. The second-order valence-electron chi connectivity index (χ2n) is 6.41. The molecule has 0 bridgehead atoms. The summed E-state index contributed by atoms with van der Waals surface area (Å²) < 4.78 is 0. The number of nitrogens with zero attached hydrogens (tertiary/aromatic N) is 1. The fourth-order valence-electron chi connectivity index (χ4n) is 3.94. The fourth-order valence-corrected chi connectivity index (χ4v) is 4.07. The van der Waals surface area contributed by atoms with Gasteiger partial charge in [0.15, 0.2) is 6.10 Å². The minimum atomic E-state index is -1.13. The summed E-state index contributed by atoms with van der Waals surface area (Å²) in [6.07, 6.45) is 4.86. The molecule has 22 heavy (non-hydrogen) atoms. The molecule has 2 saturated heterocycles. The number of aliphatic hydroxyl groups is 1. The van der Waals surface area contributed by atoms with E-state index in [1.54, 1.807) is 24.3 Å². The standard InChI is InChI=1S/C17H23ClN2O2/c18-14-5-3-13(4-6-14)15(21)16(22)19-10-9-17-7-1-11-20(17)12-2-8-17/h3-6,15,21H,1-2,7-12H2,(H,19,22)/t15-/m0/s1. The van der Waals surface area contributed by atoms with Crippen molar-refractivity contribution in [3.8, 4) is 0 Å². The van der Waals surface area contributed by atoms with E-state index in [1.165, 1.54) is 38.8 Å². The summed E-state index contributed by atoms with van der Waals surface area (Å²) in [5.74, 6) is -0.332. The van der Waals surface area contributed by atoms with Gasteiger partial charge in [-0.2, -0.15) is 0 Å². The zero-order chi connectivity index (χ0) is 15.6. The molecular formula is C17H23ClN2O2. The van der Waals surface area contributed by atoms with Crippen LogP contribution in [-0.4, -0.2) is 41.1 Å². The number of halogens is 1. The van der Waals surface area contributed by atoms with Crippen molar-refractivity contribution in [2.24, 2.45) is 0 Å². The van der Waals surface area contributed by atoms with E-state index in [2.05, 4.69) is 10.2 Å². The molecule has 3 rings (SSSR count). The smallest absolute Gasteiger partial charge is 0.253 e. The predicted molar refractivity (Wildman–Crippen MR) is 86.8 cm³/mol.